The molecule has 1 aromatic heterocycles. The molecule has 0 aromatic carbocycles. The quantitative estimate of drug-likeness (QED) is 0.305. The summed E-state index contributed by atoms with van der Waals surface area (Å²) in [5.74, 6) is -1.15. The molecule has 0 spiro atoms. The van der Waals surface area contributed by atoms with Gasteiger partial charge in [0, 0.05) is 12.5 Å². The molecule has 2 rings (SSSR count). The van der Waals surface area contributed by atoms with Crippen LogP contribution in [-0.4, -0.2) is 47.8 Å². The zero-order valence-electron chi connectivity index (χ0n) is 16.1. The highest BCUT2D eigenvalue weighted by Gasteiger charge is 2.41. The molecule has 0 radical (unpaired) electrons. The number of carboxylic acids is 1. The molecule has 0 saturated heterocycles. The first-order chi connectivity index (χ1) is 11.9. The van der Waals surface area contributed by atoms with E-state index in [1.54, 1.807) is 6.26 Å². The predicted octanol–water partition coefficient (Wildman–Crippen LogP) is 4.87. The lowest BCUT2D eigenvalue weighted by molar-refractivity contribution is 0.0686. The van der Waals surface area contributed by atoms with Crippen LogP contribution < -0.4 is 4.74 Å². The first kappa shape index (κ1) is 21.5. The number of carbonyl (C=O) groups is 1. The maximum atomic E-state index is 11.5. The smallest absolute Gasteiger partial charge is 0.344 e. The number of nitrogens with zero attached hydrogens (tertiary/aromatic N) is 2. The van der Waals surface area contributed by atoms with Crippen LogP contribution in [0.3, 0.4) is 0 Å². The van der Waals surface area contributed by atoms with E-state index in [1.165, 1.54) is 11.8 Å². The number of carboxylic acid groups (broad SMARTS) is 1. The summed E-state index contributed by atoms with van der Waals surface area (Å²) in [6.07, 6.45) is 4.22. The highest BCUT2D eigenvalue weighted by molar-refractivity contribution is 7.98. The van der Waals surface area contributed by atoms with Crippen molar-refractivity contribution in [2.75, 3.05) is 6.26 Å². The third-order valence-corrected chi connectivity index (χ3v) is 10.4. The minimum Gasteiger partial charge on any atom is -0.477 e. The van der Waals surface area contributed by atoms with E-state index in [0.29, 0.717) is 5.16 Å². The number of aromatic carboxylic acids is 1. The van der Waals surface area contributed by atoms with Crippen LogP contribution in [0.15, 0.2) is 5.16 Å². The van der Waals surface area contributed by atoms with Crippen molar-refractivity contribution in [3.8, 4) is 5.88 Å². The molecule has 1 aromatic rings. The Labute approximate surface area is 165 Å². The fourth-order valence-corrected chi connectivity index (χ4v) is 4.67. The van der Waals surface area contributed by atoms with Gasteiger partial charge < -0.3 is 14.3 Å². The molecule has 1 aliphatic carbocycles. The second-order valence-electron chi connectivity index (χ2n) is 8.04. The van der Waals surface area contributed by atoms with E-state index < -0.39 is 14.3 Å². The molecule has 1 heterocycles. The number of hydrogen-bond acceptors (Lipinski definition) is 6. The maximum absolute atomic E-state index is 11.5. The number of hydrogen-bond donors (Lipinski definition) is 1. The van der Waals surface area contributed by atoms with E-state index in [1.807, 2.05) is 0 Å². The monoisotopic (exact) mass is 418 g/mol. The fraction of sp³-hybridized carbons (Fsp3) is 0.706. The molecule has 26 heavy (non-hydrogen) atoms. The molecule has 1 N–H and O–H groups in total. The molecule has 2 atom stereocenters. The molecule has 0 aliphatic heterocycles. The van der Waals surface area contributed by atoms with Crippen molar-refractivity contribution in [1.29, 1.82) is 0 Å². The van der Waals surface area contributed by atoms with Gasteiger partial charge in [0.2, 0.25) is 5.88 Å². The van der Waals surface area contributed by atoms with Crippen molar-refractivity contribution in [3.63, 3.8) is 0 Å². The average Bonchev–Trinajstić information content (AvgIpc) is 2.91. The van der Waals surface area contributed by atoms with Crippen LogP contribution in [0.4, 0.5) is 0 Å². The Morgan fingerprint density at radius 1 is 1.27 bits per heavy atom. The molecule has 1 saturated carbocycles. The Morgan fingerprint density at radius 2 is 1.88 bits per heavy atom. The van der Waals surface area contributed by atoms with Gasteiger partial charge in [-0.1, -0.05) is 44.1 Å². The standard InChI is InChI=1S/C17H27ClN2O4SSi/c1-17(2,3)26(5,6)24-11-8-7-10(9-11)23-14-12(15(21)22)13(18)19-16(20-14)25-4/h10-11H,7-9H2,1-6H3,(H,21,22)/t10-,11+/m0/s1. The zero-order valence-corrected chi connectivity index (χ0v) is 18.7. The van der Waals surface area contributed by atoms with Crippen molar-refractivity contribution in [2.45, 2.75) is 75.5 Å². The number of halogens is 1. The minimum atomic E-state index is -1.84. The van der Waals surface area contributed by atoms with Gasteiger partial charge in [-0.25, -0.2) is 9.78 Å². The van der Waals surface area contributed by atoms with Gasteiger partial charge in [0.25, 0.3) is 0 Å². The van der Waals surface area contributed by atoms with Crippen LogP contribution in [0.5, 0.6) is 5.88 Å². The summed E-state index contributed by atoms with van der Waals surface area (Å²) < 4.78 is 12.4. The van der Waals surface area contributed by atoms with Crippen molar-refractivity contribution < 1.29 is 19.1 Å². The summed E-state index contributed by atoms with van der Waals surface area (Å²) in [4.78, 5) is 19.7. The topological polar surface area (TPSA) is 81.5 Å². The van der Waals surface area contributed by atoms with Gasteiger partial charge in [0.05, 0.1) is 0 Å². The van der Waals surface area contributed by atoms with Crippen molar-refractivity contribution in [1.82, 2.24) is 9.97 Å². The predicted molar refractivity (Wildman–Crippen MR) is 106 cm³/mol. The first-order valence-corrected chi connectivity index (χ1v) is 13.1. The van der Waals surface area contributed by atoms with Crippen molar-refractivity contribution in [3.05, 3.63) is 10.7 Å². The van der Waals surface area contributed by atoms with Crippen LogP contribution in [-0.2, 0) is 4.43 Å². The Balaban J connectivity index is 2.12. The number of aromatic nitrogens is 2. The largest absolute Gasteiger partial charge is 0.477 e. The molecule has 1 aliphatic rings. The van der Waals surface area contributed by atoms with Crippen LogP contribution >= 0.6 is 23.4 Å². The van der Waals surface area contributed by atoms with E-state index >= 15 is 0 Å². The van der Waals surface area contributed by atoms with E-state index in [4.69, 9.17) is 20.8 Å². The molecule has 0 bridgehead atoms. The summed E-state index contributed by atoms with van der Waals surface area (Å²) >= 11 is 7.30. The van der Waals surface area contributed by atoms with Gasteiger partial charge in [0.1, 0.15) is 6.10 Å². The Bertz CT molecular complexity index is 681. The molecule has 146 valence electrons. The molecule has 0 amide bonds. The third-order valence-electron chi connectivity index (χ3n) is 5.09. The molecule has 6 nitrogen and oxygen atoms in total. The molecule has 1 fully saturated rings. The van der Waals surface area contributed by atoms with E-state index in [2.05, 4.69) is 43.8 Å². The average molecular weight is 419 g/mol. The maximum Gasteiger partial charge on any atom is 0.344 e. The molecule has 9 heteroatoms. The summed E-state index contributed by atoms with van der Waals surface area (Å²) in [5, 5.41) is 9.85. The van der Waals surface area contributed by atoms with E-state index in [0.717, 1.165) is 19.3 Å². The lowest BCUT2D eigenvalue weighted by Crippen LogP contribution is -2.43. The minimum absolute atomic E-state index is 0.0415. The lowest BCUT2D eigenvalue weighted by Gasteiger charge is -2.38. The molecule has 0 unspecified atom stereocenters. The summed E-state index contributed by atoms with van der Waals surface area (Å²) in [6, 6.07) is 0. The Kier molecular flexibility index (Phi) is 6.64. The van der Waals surface area contributed by atoms with Gasteiger partial charge in [-0.2, -0.15) is 4.98 Å². The molecular formula is C17H27ClN2O4SSi. The van der Waals surface area contributed by atoms with Crippen molar-refractivity contribution in [2.24, 2.45) is 0 Å². The first-order valence-electron chi connectivity index (χ1n) is 8.64. The van der Waals surface area contributed by atoms with Crippen molar-refractivity contribution >= 4 is 37.6 Å². The van der Waals surface area contributed by atoms with E-state index in [9.17, 15) is 9.90 Å². The highest BCUT2D eigenvalue weighted by Crippen LogP contribution is 2.40. The normalized spacial score (nSPS) is 21.0. The van der Waals surface area contributed by atoms with Gasteiger partial charge >= 0.3 is 5.97 Å². The second kappa shape index (κ2) is 8.04. The van der Waals surface area contributed by atoms with Gasteiger partial charge in [0.15, 0.2) is 24.2 Å². The number of rotatable bonds is 6. The number of thioether (sulfide) groups is 1. The Hall–Kier alpha value is -0.833. The summed E-state index contributed by atoms with van der Waals surface area (Å²) in [5.41, 5.74) is -0.182. The van der Waals surface area contributed by atoms with Crippen LogP contribution in [0, 0.1) is 0 Å². The van der Waals surface area contributed by atoms with Gasteiger partial charge in [-0.3, -0.25) is 0 Å². The van der Waals surface area contributed by atoms with Gasteiger partial charge in [-0.15, -0.1) is 0 Å². The highest BCUT2D eigenvalue weighted by atomic mass is 35.5. The SMILES string of the molecule is CSc1nc(Cl)c(C(=O)O)c(O[C@H]2CC[C@@H](O[Si](C)(C)C(C)(C)C)C2)n1. The lowest BCUT2D eigenvalue weighted by atomic mass is 10.2. The van der Waals surface area contributed by atoms with Crippen LogP contribution in [0.2, 0.25) is 23.3 Å². The molecular weight excluding hydrogens is 392 g/mol. The third kappa shape index (κ3) is 4.91. The fourth-order valence-electron chi connectivity index (χ4n) is 2.62. The summed E-state index contributed by atoms with van der Waals surface area (Å²) in [7, 11) is -1.84. The number of ether oxygens (including phenoxy) is 1. The zero-order chi connectivity index (χ0) is 19.7. The van der Waals surface area contributed by atoms with Gasteiger partial charge in [-0.05, 0) is 37.2 Å². The van der Waals surface area contributed by atoms with Crippen LogP contribution in [0.1, 0.15) is 50.4 Å². The second-order valence-corrected chi connectivity index (χ2v) is 13.9. The summed E-state index contributed by atoms with van der Waals surface area (Å²) in [6.45, 7) is 11.1. The Morgan fingerprint density at radius 3 is 2.42 bits per heavy atom. The van der Waals surface area contributed by atoms with Crippen LogP contribution in [0.25, 0.3) is 0 Å². The van der Waals surface area contributed by atoms with E-state index in [-0.39, 0.29) is 33.8 Å².